The number of hydrogen-bond acceptors (Lipinski definition) is 3. The molecule has 1 aromatic rings. The minimum Gasteiger partial charge on any atom is -0.481 e. The molecule has 0 saturated carbocycles. The van der Waals surface area contributed by atoms with Crippen LogP contribution in [0.25, 0.3) is 0 Å². The van der Waals surface area contributed by atoms with Crippen LogP contribution in [0.1, 0.15) is 46.9 Å². The lowest BCUT2D eigenvalue weighted by Crippen LogP contribution is -2.31. The molecule has 0 spiro atoms. The van der Waals surface area contributed by atoms with E-state index in [1.54, 1.807) is 6.07 Å². The number of carboxylic acids is 1. The maximum absolute atomic E-state index is 11.7. The fourth-order valence-corrected chi connectivity index (χ4v) is 2.25. The molecule has 5 heteroatoms. The van der Waals surface area contributed by atoms with Crippen molar-refractivity contribution >= 4 is 11.9 Å². The number of fused-ring (bicyclic) bond motifs is 1. The number of aliphatic hydroxyl groups is 1. The topological polar surface area (TPSA) is 86.6 Å². The molecular weight excluding hydrogens is 246 g/mol. The molecule has 102 valence electrons. The van der Waals surface area contributed by atoms with Gasteiger partial charge >= 0.3 is 5.97 Å². The Bertz CT molecular complexity index is 498. The van der Waals surface area contributed by atoms with Crippen LogP contribution in [-0.4, -0.2) is 28.6 Å². The number of amides is 1. The summed E-state index contributed by atoms with van der Waals surface area (Å²) in [4.78, 5) is 22.1. The molecule has 0 fully saturated rings. The maximum Gasteiger partial charge on any atom is 0.303 e. The lowest BCUT2D eigenvalue weighted by molar-refractivity contribution is -0.137. The maximum atomic E-state index is 11.7. The fraction of sp³-hybridized carbons (Fsp3) is 0.429. The smallest absolute Gasteiger partial charge is 0.303 e. The van der Waals surface area contributed by atoms with Crippen LogP contribution in [0.3, 0.4) is 0 Å². The molecule has 3 N–H and O–H groups in total. The number of carboxylic acid groups (broad SMARTS) is 1. The normalized spacial score (nSPS) is 15.5. The summed E-state index contributed by atoms with van der Waals surface area (Å²) in [6.45, 7) is 0.645. The van der Waals surface area contributed by atoms with Crippen molar-refractivity contribution in [3.05, 3.63) is 34.9 Å². The van der Waals surface area contributed by atoms with Crippen molar-refractivity contribution < 1.29 is 19.8 Å². The first-order chi connectivity index (χ1) is 9.08. The van der Waals surface area contributed by atoms with Gasteiger partial charge in [-0.2, -0.15) is 0 Å². The van der Waals surface area contributed by atoms with Gasteiger partial charge in [0.15, 0.2) is 0 Å². The Morgan fingerprint density at radius 1 is 1.42 bits per heavy atom. The Balaban J connectivity index is 2.06. The Morgan fingerprint density at radius 3 is 2.95 bits per heavy atom. The highest BCUT2D eigenvalue weighted by Crippen LogP contribution is 2.23. The number of benzene rings is 1. The average molecular weight is 263 g/mol. The van der Waals surface area contributed by atoms with Gasteiger partial charge in [0.25, 0.3) is 5.91 Å². The second-order valence-electron chi connectivity index (χ2n) is 4.72. The number of aliphatic carboxylic acids is 1. The van der Waals surface area contributed by atoms with Gasteiger partial charge in [0, 0.05) is 18.5 Å². The Morgan fingerprint density at radius 2 is 2.21 bits per heavy atom. The first kappa shape index (κ1) is 13.5. The largest absolute Gasteiger partial charge is 0.481 e. The van der Waals surface area contributed by atoms with E-state index in [0.717, 1.165) is 12.0 Å². The molecule has 19 heavy (non-hydrogen) atoms. The summed E-state index contributed by atoms with van der Waals surface area (Å²) in [5.74, 6) is -0.974. The summed E-state index contributed by atoms with van der Waals surface area (Å²) in [6, 6.07) is 5.38. The van der Waals surface area contributed by atoms with Gasteiger partial charge in [-0.05, 0) is 36.5 Å². The van der Waals surface area contributed by atoms with Gasteiger partial charge in [0.05, 0.1) is 6.10 Å². The van der Waals surface area contributed by atoms with E-state index in [4.69, 9.17) is 5.11 Å². The molecule has 1 aliphatic heterocycles. The summed E-state index contributed by atoms with van der Waals surface area (Å²) in [6.07, 6.45) is 0.921. The van der Waals surface area contributed by atoms with E-state index >= 15 is 0 Å². The van der Waals surface area contributed by atoms with Crippen LogP contribution < -0.4 is 5.32 Å². The number of nitrogens with one attached hydrogen (secondary N) is 1. The zero-order chi connectivity index (χ0) is 13.8. The van der Waals surface area contributed by atoms with Gasteiger partial charge in [-0.15, -0.1) is 0 Å². The van der Waals surface area contributed by atoms with Crippen LogP contribution in [0, 0.1) is 0 Å². The number of carbonyl (C=O) groups is 2. The lowest BCUT2D eigenvalue weighted by atomic mass is 9.94. The predicted octanol–water partition coefficient (Wildman–Crippen LogP) is 1.26. The zero-order valence-corrected chi connectivity index (χ0v) is 10.6. The highest BCUT2D eigenvalue weighted by Gasteiger charge is 2.18. The van der Waals surface area contributed by atoms with Gasteiger partial charge in [-0.1, -0.05) is 12.1 Å². The second-order valence-corrected chi connectivity index (χ2v) is 4.72. The lowest BCUT2D eigenvalue weighted by Gasteiger charge is -2.19. The molecule has 1 aliphatic rings. The third-order valence-electron chi connectivity index (χ3n) is 3.31. The van der Waals surface area contributed by atoms with E-state index in [-0.39, 0.29) is 12.3 Å². The first-order valence-corrected chi connectivity index (χ1v) is 6.39. The number of carbonyl (C=O) groups excluding carboxylic acids is 1. The molecule has 1 amide bonds. The molecule has 0 aromatic heterocycles. The van der Waals surface area contributed by atoms with Crippen LogP contribution in [0.15, 0.2) is 18.2 Å². The Kier molecular flexibility index (Phi) is 4.16. The Hall–Kier alpha value is -1.88. The minimum atomic E-state index is -0.864. The van der Waals surface area contributed by atoms with Crippen molar-refractivity contribution in [1.29, 1.82) is 0 Å². The van der Waals surface area contributed by atoms with Crippen LogP contribution >= 0.6 is 0 Å². The van der Waals surface area contributed by atoms with Crippen LogP contribution in [-0.2, 0) is 11.2 Å². The van der Waals surface area contributed by atoms with Crippen molar-refractivity contribution in [3.63, 3.8) is 0 Å². The minimum absolute atomic E-state index is 0.0441. The quantitative estimate of drug-likeness (QED) is 0.746. The van der Waals surface area contributed by atoms with Crippen molar-refractivity contribution in [2.75, 3.05) is 6.54 Å². The fourth-order valence-electron chi connectivity index (χ4n) is 2.25. The molecule has 0 aliphatic carbocycles. The molecule has 1 unspecified atom stereocenters. The standard InChI is InChI=1S/C14H17NO4/c16-12(2-1-3-13(17)18)10-5-4-9-6-7-15-14(19)11(9)8-10/h4-5,8,12,16H,1-3,6-7H2,(H,15,19)(H,17,18). The van der Waals surface area contributed by atoms with E-state index in [2.05, 4.69) is 5.32 Å². The zero-order valence-electron chi connectivity index (χ0n) is 10.6. The summed E-state index contributed by atoms with van der Waals surface area (Å²) in [5, 5.41) is 21.3. The molecule has 1 atom stereocenters. The average Bonchev–Trinajstić information content (AvgIpc) is 2.38. The molecule has 0 radical (unpaired) electrons. The monoisotopic (exact) mass is 263 g/mol. The van der Waals surface area contributed by atoms with Crippen LogP contribution in [0.2, 0.25) is 0 Å². The number of rotatable bonds is 5. The van der Waals surface area contributed by atoms with Crippen molar-refractivity contribution in [3.8, 4) is 0 Å². The predicted molar refractivity (Wildman–Crippen MR) is 68.9 cm³/mol. The van der Waals surface area contributed by atoms with Gasteiger partial charge in [-0.25, -0.2) is 0 Å². The van der Waals surface area contributed by atoms with Crippen molar-refractivity contribution in [1.82, 2.24) is 5.32 Å². The van der Waals surface area contributed by atoms with E-state index in [1.165, 1.54) is 0 Å². The third-order valence-corrected chi connectivity index (χ3v) is 3.31. The molecule has 0 bridgehead atoms. The molecular formula is C14H17NO4. The highest BCUT2D eigenvalue weighted by atomic mass is 16.4. The molecule has 1 aromatic carbocycles. The van der Waals surface area contributed by atoms with Crippen molar-refractivity contribution in [2.45, 2.75) is 31.8 Å². The van der Waals surface area contributed by atoms with E-state index in [9.17, 15) is 14.7 Å². The molecule has 1 heterocycles. The summed E-state index contributed by atoms with van der Waals surface area (Å²) < 4.78 is 0. The van der Waals surface area contributed by atoms with E-state index < -0.39 is 12.1 Å². The van der Waals surface area contributed by atoms with Gasteiger partial charge in [-0.3, -0.25) is 9.59 Å². The molecule has 2 rings (SSSR count). The summed E-state index contributed by atoms with van der Waals surface area (Å²) >= 11 is 0. The third kappa shape index (κ3) is 3.32. The Labute approximate surface area is 111 Å². The summed E-state index contributed by atoms with van der Waals surface area (Å²) in [5.41, 5.74) is 2.27. The van der Waals surface area contributed by atoms with Crippen molar-refractivity contribution in [2.24, 2.45) is 0 Å². The van der Waals surface area contributed by atoms with Crippen LogP contribution in [0.5, 0.6) is 0 Å². The molecule has 0 saturated heterocycles. The van der Waals surface area contributed by atoms with Gasteiger partial charge in [0.1, 0.15) is 0 Å². The summed E-state index contributed by atoms with van der Waals surface area (Å²) in [7, 11) is 0. The highest BCUT2D eigenvalue weighted by molar-refractivity contribution is 5.96. The number of hydrogen-bond donors (Lipinski definition) is 3. The van der Waals surface area contributed by atoms with E-state index in [1.807, 2.05) is 12.1 Å². The molecule has 5 nitrogen and oxygen atoms in total. The SMILES string of the molecule is O=C(O)CCCC(O)c1ccc2c(c1)C(=O)NCC2. The number of aliphatic hydroxyl groups excluding tert-OH is 1. The van der Waals surface area contributed by atoms with Crippen LogP contribution in [0.4, 0.5) is 0 Å². The van der Waals surface area contributed by atoms with E-state index in [0.29, 0.717) is 30.5 Å². The van der Waals surface area contributed by atoms with Gasteiger partial charge in [0.2, 0.25) is 0 Å². The first-order valence-electron chi connectivity index (χ1n) is 6.39. The van der Waals surface area contributed by atoms with Gasteiger partial charge < -0.3 is 15.5 Å². The second kappa shape index (κ2) is 5.84.